The van der Waals surface area contributed by atoms with Crippen molar-refractivity contribution in [2.24, 2.45) is 17.4 Å². The van der Waals surface area contributed by atoms with E-state index in [2.05, 4.69) is 36.5 Å². The lowest BCUT2D eigenvalue weighted by atomic mass is 9.94. The first-order chi connectivity index (χ1) is 40.0. The van der Waals surface area contributed by atoms with Gasteiger partial charge in [0.25, 0.3) is 23.6 Å². The second kappa shape index (κ2) is 28.2. The number of nitrogens with one attached hydrogen (secondary N) is 6. The zero-order valence-electron chi connectivity index (χ0n) is 46.1. The molecule has 3 atom stereocenters. The molecule has 0 spiro atoms. The van der Waals surface area contributed by atoms with Crippen molar-refractivity contribution in [2.45, 2.75) is 69.7 Å². The normalized spacial score (nSPS) is 15.7. The third-order valence-electron chi connectivity index (χ3n) is 15.0. The molecule has 8 rings (SSSR count). The van der Waals surface area contributed by atoms with E-state index in [1.165, 1.54) is 12.2 Å². The van der Waals surface area contributed by atoms with Crippen LogP contribution in [-0.2, 0) is 30.4 Å². The number of piperazine rings is 1. The van der Waals surface area contributed by atoms with Gasteiger partial charge in [-0.15, -0.1) is 11.6 Å². The molecule has 10 N–H and O–H groups in total. The van der Waals surface area contributed by atoms with Crippen LogP contribution in [0.1, 0.15) is 89.3 Å². The van der Waals surface area contributed by atoms with Gasteiger partial charge in [0.2, 0.25) is 11.8 Å². The fraction of sp³-hybridized carbons (Fsp3) is 0.390. The number of nitrogens with two attached hydrogens (primary N) is 2. The van der Waals surface area contributed by atoms with Gasteiger partial charge in [-0.3, -0.25) is 38.5 Å². The molecule has 3 aliphatic rings. The molecule has 4 heterocycles. The van der Waals surface area contributed by atoms with Gasteiger partial charge in [0.15, 0.2) is 5.78 Å². The maximum absolute atomic E-state index is 14.5. The SMILES string of the molecule is CN1CCN(C(=O)Oc2cc3c(c4ccccc24)[C@H](CCl)CN3C(=O)c2cc3cc(NC(=O)c4ccc(CC(=O)[C@H](CCCNC(N)=O)NC(=O)[C@H](CCCNC(N)=O)CCCNC(=O)CCCN5C(=O)C=CC5=O)cc4)ccc3[nH]2)CC1. The number of H-pyrrole nitrogens is 1. The van der Waals surface area contributed by atoms with Gasteiger partial charge >= 0.3 is 18.2 Å². The number of halogens is 1. The second-order valence-electron chi connectivity index (χ2n) is 20.9. The zero-order valence-corrected chi connectivity index (χ0v) is 46.9. The van der Waals surface area contributed by atoms with Crippen LogP contribution in [0.25, 0.3) is 21.7 Å². The van der Waals surface area contributed by atoms with Crippen molar-refractivity contribution in [1.82, 2.24) is 41.0 Å². The van der Waals surface area contributed by atoms with Gasteiger partial charge in [0.1, 0.15) is 11.4 Å². The van der Waals surface area contributed by atoms with E-state index in [9.17, 15) is 47.9 Å². The highest BCUT2D eigenvalue weighted by Gasteiger charge is 2.37. The van der Waals surface area contributed by atoms with E-state index in [0.717, 1.165) is 34.3 Å². The summed E-state index contributed by atoms with van der Waals surface area (Å²) in [5, 5.41) is 15.9. The van der Waals surface area contributed by atoms with Crippen molar-refractivity contribution >= 4 is 104 Å². The van der Waals surface area contributed by atoms with Crippen LogP contribution in [0.4, 0.5) is 25.8 Å². The van der Waals surface area contributed by atoms with Crippen molar-refractivity contribution in [3.8, 4) is 5.75 Å². The quantitative estimate of drug-likeness (QED) is 0.0206. The number of likely N-dealkylation sites (N-methyl/N-ethyl adjacent to an activating group) is 1. The van der Waals surface area contributed by atoms with E-state index >= 15 is 0 Å². The highest BCUT2D eigenvalue weighted by atomic mass is 35.5. The van der Waals surface area contributed by atoms with E-state index in [1.54, 1.807) is 64.4 Å². The van der Waals surface area contributed by atoms with Crippen molar-refractivity contribution in [2.75, 3.05) is 82.0 Å². The Balaban J connectivity index is 0.883. The van der Waals surface area contributed by atoms with E-state index in [0.29, 0.717) is 96.6 Å². The topological polar surface area (TPSA) is 321 Å². The Bertz CT molecular complexity index is 3290. The number of ketones is 1. The molecule has 0 unspecified atom stereocenters. The minimum atomic E-state index is -0.972. The molecule has 1 fully saturated rings. The second-order valence-corrected chi connectivity index (χ2v) is 21.2. The maximum atomic E-state index is 14.5. The van der Waals surface area contributed by atoms with E-state index in [1.807, 2.05) is 31.3 Å². The number of nitrogens with zero attached hydrogens (tertiary/aromatic N) is 4. The maximum Gasteiger partial charge on any atom is 0.415 e. The largest absolute Gasteiger partial charge is 0.415 e. The molecule has 0 radical (unpaired) electrons. The Labute approximate surface area is 484 Å². The minimum absolute atomic E-state index is 0.0807. The number of urea groups is 2. The van der Waals surface area contributed by atoms with Crippen LogP contribution in [0.3, 0.4) is 0 Å². The van der Waals surface area contributed by atoms with E-state index in [-0.39, 0.29) is 81.3 Å². The summed E-state index contributed by atoms with van der Waals surface area (Å²) in [6, 6.07) is 20.4. The number of aromatic nitrogens is 1. The van der Waals surface area contributed by atoms with Gasteiger partial charge in [-0.1, -0.05) is 36.4 Å². The number of amides is 11. The monoisotopic (exact) mass is 1160 g/mol. The molecule has 11 amide bonds. The lowest BCUT2D eigenvalue weighted by Gasteiger charge is -2.31. The number of fused-ring (bicyclic) bond motifs is 4. The summed E-state index contributed by atoms with van der Waals surface area (Å²) in [5.74, 6) is -2.82. The molecule has 4 aromatic carbocycles. The van der Waals surface area contributed by atoms with Gasteiger partial charge in [0, 0.05) is 135 Å². The molecule has 3 aliphatic heterocycles. The lowest BCUT2D eigenvalue weighted by molar-refractivity contribution is -0.137. The number of rotatable bonds is 26. The number of Topliss-reactive ketones (excluding diaryl/α,β-unsaturated/α-hetero) is 1. The van der Waals surface area contributed by atoms with Crippen LogP contribution < -0.4 is 47.7 Å². The molecular formula is C59H69ClN12O11. The van der Waals surface area contributed by atoms with Gasteiger partial charge in [-0.25, -0.2) is 14.4 Å². The number of hydrogen-bond acceptors (Lipinski definition) is 12. The van der Waals surface area contributed by atoms with Crippen LogP contribution in [0, 0.1) is 5.92 Å². The number of imide groups is 1. The van der Waals surface area contributed by atoms with Gasteiger partial charge < -0.3 is 62.5 Å². The van der Waals surface area contributed by atoms with Crippen LogP contribution in [-0.4, -0.2) is 157 Å². The zero-order chi connectivity index (χ0) is 59.2. The summed E-state index contributed by atoms with van der Waals surface area (Å²) in [6.45, 7) is 3.54. The molecule has 1 aromatic heterocycles. The Hall–Kier alpha value is -8.83. The minimum Gasteiger partial charge on any atom is -0.409 e. The Morgan fingerprint density at radius 3 is 2.07 bits per heavy atom. The first kappa shape index (κ1) is 60.3. The third-order valence-corrected chi connectivity index (χ3v) is 15.4. The summed E-state index contributed by atoms with van der Waals surface area (Å²) in [4.78, 5) is 138. The molecular weight excluding hydrogens is 1090 g/mol. The van der Waals surface area contributed by atoms with Crippen molar-refractivity contribution in [3.05, 3.63) is 113 Å². The molecule has 23 nitrogen and oxygen atoms in total. The third kappa shape index (κ3) is 15.8. The fourth-order valence-corrected chi connectivity index (χ4v) is 10.8. The summed E-state index contributed by atoms with van der Waals surface area (Å²) in [6.07, 6.45) is 4.07. The van der Waals surface area contributed by atoms with Crippen LogP contribution in [0.2, 0.25) is 0 Å². The Morgan fingerprint density at radius 2 is 1.41 bits per heavy atom. The number of alkyl halides is 1. The predicted octanol–water partition coefficient (Wildman–Crippen LogP) is 5.01. The number of carbonyl (C=O) groups is 10. The number of benzene rings is 4. The number of anilines is 2. The first-order valence-electron chi connectivity index (χ1n) is 27.8. The van der Waals surface area contributed by atoms with Crippen molar-refractivity contribution < 1.29 is 52.7 Å². The molecule has 0 aliphatic carbocycles. The highest BCUT2D eigenvalue weighted by molar-refractivity contribution is 6.19. The Morgan fingerprint density at radius 1 is 0.759 bits per heavy atom. The van der Waals surface area contributed by atoms with Gasteiger partial charge in [-0.2, -0.15) is 0 Å². The smallest absolute Gasteiger partial charge is 0.409 e. The molecule has 438 valence electrons. The number of ether oxygens (including phenoxy) is 1. The molecule has 0 bridgehead atoms. The molecule has 83 heavy (non-hydrogen) atoms. The van der Waals surface area contributed by atoms with E-state index in [4.69, 9.17) is 27.8 Å². The van der Waals surface area contributed by atoms with Gasteiger partial charge in [-0.05, 0) is 105 Å². The molecule has 5 aromatic rings. The van der Waals surface area contributed by atoms with Crippen LogP contribution >= 0.6 is 11.6 Å². The van der Waals surface area contributed by atoms with E-state index < -0.39 is 53.7 Å². The highest BCUT2D eigenvalue weighted by Crippen LogP contribution is 2.46. The van der Waals surface area contributed by atoms with Crippen molar-refractivity contribution in [3.63, 3.8) is 0 Å². The summed E-state index contributed by atoms with van der Waals surface area (Å²) in [7, 11) is 2.01. The van der Waals surface area contributed by atoms with Crippen molar-refractivity contribution in [1.29, 1.82) is 0 Å². The standard InChI is InChI=1S/C59H69ClN12O11/c1-69-26-28-70(29-27-69)59(82)83-49-33-47-53(43-11-3-2-10-42(43)49)40(34-60)35-72(47)56(79)46-32-39-31-41(18-19-44(39)67-46)66-54(77)38-16-14-36(15-17-38)30-48(73)45(12-6-24-65-58(62)81)68-55(78)37(9-5-23-64-57(61)80)8-4-22-63-50(74)13-7-25-71-51(75)20-21-52(71)76/h2-3,10-11,14-21,31-33,37,40,45,67H,4-9,12-13,22-30,34-35H2,1H3,(H,63,74)(H,66,77)(H,68,78)(H3,61,64,80)(H3,62,65,81)/t37-,40+,45-/m0/s1. The summed E-state index contributed by atoms with van der Waals surface area (Å²) >= 11 is 6.57. The van der Waals surface area contributed by atoms with Gasteiger partial charge in [0.05, 0.1) is 11.7 Å². The van der Waals surface area contributed by atoms with Crippen LogP contribution in [0.5, 0.6) is 5.75 Å². The number of aromatic amines is 1. The van der Waals surface area contributed by atoms with Crippen LogP contribution in [0.15, 0.2) is 91.0 Å². The Kier molecular flexibility index (Phi) is 20.5. The fourth-order valence-electron chi connectivity index (χ4n) is 10.5. The summed E-state index contributed by atoms with van der Waals surface area (Å²) in [5.41, 5.74) is 14.3. The molecule has 0 saturated carbocycles. The number of carbonyl (C=O) groups excluding carboxylic acids is 10. The average molecular weight is 1160 g/mol. The first-order valence-corrected chi connectivity index (χ1v) is 28.3. The lowest BCUT2D eigenvalue weighted by Crippen LogP contribution is -2.48. The summed E-state index contributed by atoms with van der Waals surface area (Å²) < 4.78 is 6.06. The molecule has 24 heteroatoms. The number of primary amides is 2. The molecule has 1 saturated heterocycles. The number of hydrogen-bond donors (Lipinski definition) is 8. The average Bonchev–Trinajstić information content (AvgIpc) is 3.12. The predicted molar refractivity (Wildman–Crippen MR) is 312 cm³/mol.